The number of carbonyl (C=O) groups is 1. The fourth-order valence-electron chi connectivity index (χ4n) is 1.80. The molecular weight excluding hydrogens is 212 g/mol. The molecule has 0 radical (unpaired) electrons. The fraction of sp³-hybridized carbons (Fsp3) is 0.500. The van der Waals surface area contributed by atoms with Crippen LogP contribution in [0.3, 0.4) is 0 Å². The molecule has 0 aromatic heterocycles. The van der Waals surface area contributed by atoms with Crippen molar-refractivity contribution in [3.63, 3.8) is 0 Å². The topological polar surface area (TPSA) is 46.3 Å². The normalized spacial score (nSPS) is 11.4. The Kier molecular flexibility index (Phi) is 4.29. The van der Waals surface area contributed by atoms with Crippen LogP contribution in [0.5, 0.6) is 0 Å². The Hall–Kier alpha value is -1.35. The van der Waals surface area contributed by atoms with Crippen LogP contribution in [-0.2, 0) is 0 Å². The van der Waals surface area contributed by atoms with Crippen LogP contribution in [0.2, 0.25) is 0 Å². The summed E-state index contributed by atoms with van der Waals surface area (Å²) in [7, 11) is 0. The summed E-state index contributed by atoms with van der Waals surface area (Å²) in [6.07, 6.45) is 0. The molecular formula is C14H22N2O. The van der Waals surface area contributed by atoms with E-state index in [-0.39, 0.29) is 11.4 Å². The predicted molar refractivity (Wildman–Crippen MR) is 71.0 cm³/mol. The minimum Gasteiger partial charge on any atom is -0.333 e. The second-order valence-corrected chi connectivity index (χ2v) is 5.29. The number of amides is 1. The van der Waals surface area contributed by atoms with Crippen LogP contribution < -0.4 is 5.73 Å². The molecule has 1 amide bonds. The number of aryl methyl sites for hydroxylation is 1. The van der Waals surface area contributed by atoms with E-state index in [1.165, 1.54) is 0 Å². The first kappa shape index (κ1) is 13.7. The Morgan fingerprint density at radius 1 is 1.35 bits per heavy atom. The van der Waals surface area contributed by atoms with Crippen molar-refractivity contribution in [2.24, 2.45) is 5.73 Å². The van der Waals surface area contributed by atoms with Crippen molar-refractivity contribution in [3.05, 3.63) is 35.4 Å². The fourth-order valence-corrected chi connectivity index (χ4v) is 1.80. The lowest BCUT2D eigenvalue weighted by atomic mass is 10.0. The van der Waals surface area contributed by atoms with Gasteiger partial charge in [-0.15, -0.1) is 0 Å². The Morgan fingerprint density at radius 2 is 2.00 bits per heavy atom. The van der Waals surface area contributed by atoms with Gasteiger partial charge in [0.15, 0.2) is 0 Å². The molecule has 0 unspecified atom stereocenters. The zero-order valence-electron chi connectivity index (χ0n) is 11.2. The van der Waals surface area contributed by atoms with E-state index in [0.717, 1.165) is 11.1 Å². The van der Waals surface area contributed by atoms with E-state index in [1.54, 1.807) is 0 Å². The van der Waals surface area contributed by atoms with Crippen LogP contribution in [0, 0.1) is 6.92 Å². The largest absolute Gasteiger partial charge is 0.333 e. The molecule has 0 saturated carbocycles. The molecule has 17 heavy (non-hydrogen) atoms. The summed E-state index contributed by atoms with van der Waals surface area (Å²) in [6.45, 7) is 9.12. The van der Waals surface area contributed by atoms with E-state index in [4.69, 9.17) is 5.73 Å². The van der Waals surface area contributed by atoms with Gasteiger partial charge in [-0.25, -0.2) is 0 Å². The minimum absolute atomic E-state index is 0.0478. The molecule has 1 aromatic carbocycles. The van der Waals surface area contributed by atoms with Crippen LogP contribution in [0.25, 0.3) is 0 Å². The second-order valence-electron chi connectivity index (χ2n) is 5.29. The van der Waals surface area contributed by atoms with E-state index >= 15 is 0 Å². The SMILES string of the molecule is Cc1cccc(C(=O)N(CCN)C(C)(C)C)c1. The summed E-state index contributed by atoms with van der Waals surface area (Å²) in [5.41, 5.74) is 7.19. The third-order valence-corrected chi connectivity index (χ3v) is 2.67. The molecule has 0 atom stereocenters. The molecule has 1 rings (SSSR count). The van der Waals surface area contributed by atoms with Gasteiger partial charge in [-0.05, 0) is 39.8 Å². The van der Waals surface area contributed by atoms with Gasteiger partial charge >= 0.3 is 0 Å². The van der Waals surface area contributed by atoms with Crippen molar-refractivity contribution in [2.45, 2.75) is 33.2 Å². The highest BCUT2D eigenvalue weighted by Crippen LogP contribution is 2.17. The third-order valence-electron chi connectivity index (χ3n) is 2.67. The molecule has 0 saturated heterocycles. The van der Waals surface area contributed by atoms with Crippen LogP contribution in [-0.4, -0.2) is 29.4 Å². The van der Waals surface area contributed by atoms with E-state index in [9.17, 15) is 4.79 Å². The van der Waals surface area contributed by atoms with Gasteiger partial charge in [0.05, 0.1) is 0 Å². The average molecular weight is 234 g/mol. The zero-order chi connectivity index (χ0) is 13.1. The smallest absolute Gasteiger partial charge is 0.254 e. The Morgan fingerprint density at radius 3 is 2.47 bits per heavy atom. The van der Waals surface area contributed by atoms with Crippen LogP contribution in [0.1, 0.15) is 36.7 Å². The van der Waals surface area contributed by atoms with Crippen molar-refractivity contribution in [2.75, 3.05) is 13.1 Å². The van der Waals surface area contributed by atoms with Crippen molar-refractivity contribution >= 4 is 5.91 Å². The summed E-state index contributed by atoms with van der Waals surface area (Å²) in [5.74, 6) is 0.0478. The Balaban J connectivity index is 3.00. The molecule has 0 fully saturated rings. The molecule has 94 valence electrons. The maximum absolute atomic E-state index is 12.4. The Bertz CT molecular complexity index is 393. The summed E-state index contributed by atoms with van der Waals surface area (Å²) < 4.78 is 0. The first-order chi connectivity index (χ1) is 7.86. The van der Waals surface area contributed by atoms with Crippen molar-refractivity contribution in [1.29, 1.82) is 0 Å². The lowest BCUT2D eigenvalue weighted by molar-refractivity contribution is 0.0591. The van der Waals surface area contributed by atoms with E-state index in [1.807, 2.05) is 56.9 Å². The van der Waals surface area contributed by atoms with Gasteiger partial charge in [-0.3, -0.25) is 4.79 Å². The molecule has 0 spiro atoms. The lowest BCUT2D eigenvalue weighted by Crippen LogP contribution is -2.48. The molecule has 0 aliphatic rings. The van der Waals surface area contributed by atoms with Gasteiger partial charge in [0, 0.05) is 24.2 Å². The molecule has 3 heteroatoms. The van der Waals surface area contributed by atoms with Gasteiger partial charge in [-0.2, -0.15) is 0 Å². The highest BCUT2D eigenvalue weighted by molar-refractivity contribution is 5.94. The monoisotopic (exact) mass is 234 g/mol. The molecule has 0 bridgehead atoms. The standard InChI is InChI=1S/C14H22N2O/c1-11-6-5-7-12(10-11)13(17)16(9-8-15)14(2,3)4/h5-7,10H,8-9,15H2,1-4H3. The van der Waals surface area contributed by atoms with Gasteiger partial charge in [0.1, 0.15) is 0 Å². The quantitative estimate of drug-likeness (QED) is 0.871. The second kappa shape index (κ2) is 5.32. The first-order valence-electron chi connectivity index (χ1n) is 5.95. The van der Waals surface area contributed by atoms with Crippen LogP contribution >= 0.6 is 0 Å². The van der Waals surface area contributed by atoms with Crippen molar-refractivity contribution in [3.8, 4) is 0 Å². The summed E-state index contributed by atoms with van der Waals surface area (Å²) in [5, 5.41) is 0. The summed E-state index contributed by atoms with van der Waals surface area (Å²) in [4.78, 5) is 14.2. The number of hydrogen-bond acceptors (Lipinski definition) is 2. The van der Waals surface area contributed by atoms with Crippen LogP contribution in [0.4, 0.5) is 0 Å². The maximum Gasteiger partial charge on any atom is 0.254 e. The number of nitrogens with zero attached hydrogens (tertiary/aromatic N) is 1. The zero-order valence-corrected chi connectivity index (χ0v) is 11.2. The number of benzene rings is 1. The highest BCUT2D eigenvalue weighted by atomic mass is 16.2. The van der Waals surface area contributed by atoms with Gasteiger partial charge in [0.2, 0.25) is 0 Å². The molecule has 0 aliphatic heterocycles. The number of carbonyl (C=O) groups excluding carboxylic acids is 1. The molecule has 2 N–H and O–H groups in total. The van der Waals surface area contributed by atoms with Crippen LogP contribution in [0.15, 0.2) is 24.3 Å². The van der Waals surface area contributed by atoms with E-state index in [2.05, 4.69) is 0 Å². The highest BCUT2D eigenvalue weighted by Gasteiger charge is 2.26. The molecule has 0 aliphatic carbocycles. The summed E-state index contributed by atoms with van der Waals surface area (Å²) in [6, 6.07) is 7.66. The number of rotatable bonds is 3. The predicted octanol–water partition coefficient (Wildman–Crippen LogP) is 2.19. The third kappa shape index (κ3) is 3.56. The van der Waals surface area contributed by atoms with Gasteiger partial charge < -0.3 is 10.6 Å². The average Bonchev–Trinajstić information content (AvgIpc) is 2.23. The summed E-state index contributed by atoms with van der Waals surface area (Å²) >= 11 is 0. The molecule has 1 aromatic rings. The lowest BCUT2D eigenvalue weighted by Gasteiger charge is -2.35. The first-order valence-corrected chi connectivity index (χ1v) is 5.95. The minimum atomic E-state index is -0.208. The van der Waals surface area contributed by atoms with Gasteiger partial charge in [0.25, 0.3) is 5.91 Å². The van der Waals surface area contributed by atoms with Gasteiger partial charge in [-0.1, -0.05) is 17.7 Å². The molecule has 3 nitrogen and oxygen atoms in total. The number of hydrogen-bond donors (Lipinski definition) is 1. The maximum atomic E-state index is 12.4. The van der Waals surface area contributed by atoms with E-state index < -0.39 is 0 Å². The van der Waals surface area contributed by atoms with Crippen molar-refractivity contribution < 1.29 is 4.79 Å². The Labute approximate surface area is 104 Å². The van der Waals surface area contributed by atoms with E-state index in [0.29, 0.717) is 13.1 Å². The molecule has 0 heterocycles. The van der Waals surface area contributed by atoms with Crippen molar-refractivity contribution in [1.82, 2.24) is 4.90 Å². The number of nitrogens with two attached hydrogens (primary N) is 1.